The maximum atomic E-state index is 12.8. The highest BCUT2D eigenvalue weighted by molar-refractivity contribution is 5.71. The first-order chi connectivity index (χ1) is 33.0. The number of hydrogen-bond donors (Lipinski definition) is 0. The molecule has 67 heavy (non-hydrogen) atoms. The van der Waals surface area contributed by atoms with Crippen molar-refractivity contribution >= 4 is 17.9 Å². The van der Waals surface area contributed by atoms with Gasteiger partial charge in [-0.05, 0) is 89.9 Å². The number of esters is 3. The Balaban J connectivity index is 4.27. The Labute approximate surface area is 414 Å². The summed E-state index contributed by atoms with van der Waals surface area (Å²) in [4.78, 5) is 38.0. The molecule has 0 bridgehead atoms. The van der Waals surface area contributed by atoms with Crippen LogP contribution in [0.3, 0.4) is 0 Å². The zero-order valence-electron chi connectivity index (χ0n) is 44.2. The Bertz CT molecular complexity index is 1260. The number of rotatable bonds is 51. The zero-order chi connectivity index (χ0) is 48.6. The SMILES string of the molecule is CC/C=C\C/C=C\C/C=C\C/C=C\CCCCCCCCCCCCC(=O)OCC(COC(=O)CCCCCCCCCCC)OC(=O)CCCCCCCCC/C=C\C/C=C\CCCCC. The molecule has 0 fully saturated rings. The molecule has 0 saturated carbocycles. The number of allylic oxidation sites excluding steroid dienone is 12. The van der Waals surface area contributed by atoms with Gasteiger partial charge in [-0.3, -0.25) is 14.4 Å². The molecule has 0 radical (unpaired) electrons. The topological polar surface area (TPSA) is 78.9 Å². The molecule has 0 aliphatic rings. The first kappa shape index (κ1) is 63.8. The van der Waals surface area contributed by atoms with Gasteiger partial charge in [-0.2, -0.15) is 0 Å². The minimum atomic E-state index is -0.779. The summed E-state index contributed by atoms with van der Waals surface area (Å²) in [7, 11) is 0. The first-order valence-electron chi connectivity index (χ1n) is 28.4. The Hall–Kier alpha value is -3.15. The third-order valence-electron chi connectivity index (χ3n) is 12.2. The van der Waals surface area contributed by atoms with E-state index in [1.165, 1.54) is 141 Å². The van der Waals surface area contributed by atoms with Crippen molar-refractivity contribution in [3.05, 3.63) is 72.9 Å². The molecule has 0 rings (SSSR count). The summed E-state index contributed by atoms with van der Waals surface area (Å²) in [5.74, 6) is -0.886. The minimum Gasteiger partial charge on any atom is -0.462 e. The zero-order valence-corrected chi connectivity index (χ0v) is 44.2. The van der Waals surface area contributed by atoms with Crippen LogP contribution in [-0.2, 0) is 28.6 Å². The predicted octanol–water partition coefficient (Wildman–Crippen LogP) is 19.0. The number of carbonyl (C=O) groups is 3. The van der Waals surface area contributed by atoms with Gasteiger partial charge in [0.25, 0.3) is 0 Å². The maximum absolute atomic E-state index is 12.8. The van der Waals surface area contributed by atoms with Crippen LogP contribution in [0.5, 0.6) is 0 Å². The normalized spacial score (nSPS) is 12.6. The van der Waals surface area contributed by atoms with Gasteiger partial charge in [-0.15, -0.1) is 0 Å². The van der Waals surface area contributed by atoms with Crippen LogP contribution in [0.25, 0.3) is 0 Å². The van der Waals surface area contributed by atoms with Crippen LogP contribution in [0.2, 0.25) is 0 Å². The summed E-state index contributed by atoms with van der Waals surface area (Å²) in [5, 5.41) is 0. The van der Waals surface area contributed by atoms with Crippen molar-refractivity contribution in [2.45, 2.75) is 284 Å². The molecule has 0 aromatic heterocycles. The molecule has 6 nitrogen and oxygen atoms in total. The molecular formula is C61H106O6. The van der Waals surface area contributed by atoms with Crippen molar-refractivity contribution in [2.24, 2.45) is 0 Å². The molecule has 0 spiro atoms. The minimum absolute atomic E-state index is 0.0779. The molecule has 0 aromatic carbocycles. The molecule has 386 valence electrons. The lowest BCUT2D eigenvalue weighted by Crippen LogP contribution is -2.30. The molecule has 1 atom stereocenters. The Kier molecular flexibility index (Phi) is 52.8. The van der Waals surface area contributed by atoms with E-state index in [0.29, 0.717) is 19.3 Å². The smallest absolute Gasteiger partial charge is 0.306 e. The van der Waals surface area contributed by atoms with Crippen LogP contribution >= 0.6 is 0 Å². The number of hydrogen-bond acceptors (Lipinski definition) is 6. The predicted molar refractivity (Wildman–Crippen MR) is 288 cm³/mol. The summed E-state index contributed by atoms with van der Waals surface area (Å²) in [6, 6.07) is 0. The van der Waals surface area contributed by atoms with Gasteiger partial charge in [0, 0.05) is 19.3 Å². The van der Waals surface area contributed by atoms with Crippen molar-refractivity contribution < 1.29 is 28.6 Å². The van der Waals surface area contributed by atoms with Gasteiger partial charge in [-0.1, -0.05) is 241 Å². The van der Waals surface area contributed by atoms with E-state index in [-0.39, 0.29) is 31.1 Å². The van der Waals surface area contributed by atoms with Crippen molar-refractivity contribution in [2.75, 3.05) is 13.2 Å². The highest BCUT2D eigenvalue weighted by Gasteiger charge is 2.19. The largest absolute Gasteiger partial charge is 0.462 e. The van der Waals surface area contributed by atoms with Crippen LogP contribution < -0.4 is 0 Å². The average molecular weight is 936 g/mol. The van der Waals surface area contributed by atoms with E-state index in [1.54, 1.807) is 0 Å². The van der Waals surface area contributed by atoms with Crippen molar-refractivity contribution in [1.29, 1.82) is 0 Å². The lowest BCUT2D eigenvalue weighted by atomic mass is 10.1. The van der Waals surface area contributed by atoms with Crippen molar-refractivity contribution in [1.82, 2.24) is 0 Å². The lowest BCUT2D eigenvalue weighted by Gasteiger charge is -2.18. The standard InChI is InChI=1S/C61H106O6/c1-4-7-10-13-16-19-21-23-25-27-28-29-30-31-32-34-35-37-39-42-45-48-51-54-60(63)66-57-58(56-65-59(62)53-50-47-44-41-18-15-12-9-6-3)67-61(64)55-52-49-46-43-40-38-36-33-26-24-22-20-17-14-11-8-5-2/h7,10,16-17,19-20,23-26,28-29,58H,4-6,8-9,11-15,18,21-22,27,30-57H2,1-3H3/b10-7-,19-16-,20-17-,25-23-,26-24-,29-28-. The van der Waals surface area contributed by atoms with Crippen LogP contribution in [0, 0.1) is 0 Å². The Morgan fingerprint density at radius 2 is 0.582 bits per heavy atom. The monoisotopic (exact) mass is 935 g/mol. The van der Waals surface area contributed by atoms with E-state index in [1.807, 2.05) is 0 Å². The Morgan fingerprint density at radius 1 is 0.313 bits per heavy atom. The Morgan fingerprint density at radius 3 is 0.940 bits per heavy atom. The molecule has 0 amide bonds. The molecule has 0 aliphatic carbocycles. The number of carbonyl (C=O) groups excluding carboxylic acids is 3. The molecule has 1 unspecified atom stereocenters. The van der Waals surface area contributed by atoms with E-state index in [9.17, 15) is 14.4 Å². The molecule has 0 aromatic rings. The van der Waals surface area contributed by atoms with Gasteiger partial charge in [0.15, 0.2) is 6.10 Å². The molecule has 0 N–H and O–H groups in total. The second-order valence-corrected chi connectivity index (χ2v) is 18.8. The fraction of sp³-hybridized carbons (Fsp3) is 0.754. The van der Waals surface area contributed by atoms with Gasteiger partial charge < -0.3 is 14.2 Å². The summed E-state index contributed by atoms with van der Waals surface area (Å²) in [6.07, 6.45) is 70.4. The molecule has 0 aliphatic heterocycles. The maximum Gasteiger partial charge on any atom is 0.306 e. The van der Waals surface area contributed by atoms with Gasteiger partial charge in [-0.25, -0.2) is 0 Å². The van der Waals surface area contributed by atoms with Crippen molar-refractivity contribution in [3.63, 3.8) is 0 Å². The van der Waals surface area contributed by atoms with Crippen molar-refractivity contribution in [3.8, 4) is 0 Å². The van der Waals surface area contributed by atoms with E-state index < -0.39 is 6.10 Å². The molecular weight excluding hydrogens is 829 g/mol. The van der Waals surface area contributed by atoms with Gasteiger partial charge in [0.1, 0.15) is 13.2 Å². The average Bonchev–Trinajstić information content (AvgIpc) is 3.33. The number of unbranched alkanes of at least 4 members (excludes halogenated alkanes) is 28. The van der Waals surface area contributed by atoms with Crippen LogP contribution in [0.15, 0.2) is 72.9 Å². The van der Waals surface area contributed by atoms with Gasteiger partial charge in [0.2, 0.25) is 0 Å². The van der Waals surface area contributed by atoms with Crippen LogP contribution in [0.4, 0.5) is 0 Å². The van der Waals surface area contributed by atoms with Gasteiger partial charge in [0.05, 0.1) is 0 Å². The second-order valence-electron chi connectivity index (χ2n) is 18.8. The fourth-order valence-corrected chi connectivity index (χ4v) is 7.93. The summed E-state index contributed by atoms with van der Waals surface area (Å²) in [6.45, 7) is 6.49. The van der Waals surface area contributed by atoms with Gasteiger partial charge >= 0.3 is 17.9 Å². The highest BCUT2D eigenvalue weighted by atomic mass is 16.6. The molecule has 0 heterocycles. The highest BCUT2D eigenvalue weighted by Crippen LogP contribution is 2.15. The molecule has 0 saturated heterocycles. The van der Waals surface area contributed by atoms with Crippen LogP contribution in [0.1, 0.15) is 278 Å². The van der Waals surface area contributed by atoms with E-state index in [0.717, 1.165) is 96.3 Å². The summed E-state index contributed by atoms with van der Waals surface area (Å²) < 4.78 is 16.8. The molecule has 6 heteroatoms. The summed E-state index contributed by atoms with van der Waals surface area (Å²) >= 11 is 0. The quantitative estimate of drug-likeness (QED) is 0.0262. The number of ether oxygens (including phenoxy) is 3. The fourth-order valence-electron chi connectivity index (χ4n) is 7.93. The third-order valence-corrected chi connectivity index (χ3v) is 12.2. The third kappa shape index (κ3) is 53.7. The van der Waals surface area contributed by atoms with E-state index in [2.05, 4.69) is 93.7 Å². The van der Waals surface area contributed by atoms with E-state index in [4.69, 9.17) is 14.2 Å². The summed E-state index contributed by atoms with van der Waals surface area (Å²) in [5.41, 5.74) is 0. The van der Waals surface area contributed by atoms with Crippen LogP contribution in [-0.4, -0.2) is 37.2 Å². The second kappa shape index (κ2) is 55.4. The lowest BCUT2D eigenvalue weighted by molar-refractivity contribution is -0.167. The first-order valence-corrected chi connectivity index (χ1v) is 28.4. The van der Waals surface area contributed by atoms with E-state index >= 15 is 0 Å².